The third-order valence-corrected chi connectivity index (χ3v) is 2.52. The quantitative estimate of drug-likeness (QED) is 0.837. The van der Waals surface area contributed by atoms with Crippen molar-refractivity contribution in [1.29, 1.82) is 0 Å². The second-order valence-electron chi connectivity index (χ2n) is 3.75. The lowest BCUT2D eigenvalue weighted by molar-refractivity contribution is 0.397. The van der Waals surface area contributed by atoms with Crippen molar-refractivity contribution in [3.63, 3.8) is 0 Å². The summed E-state index contributed by atoms with van der Waals surface area (Å²) in [6.07, 6.45) is 5.46. The molecular formula is C12H16N4O. The average molecular weight is 232 g/mol. The molecule has 5 heteroatoms. The van der Waals surface area contributed by atoms with Crippen LogP contribution in [0.5, 0.6) is 5.88 Å². The van der Waals surface area contributed by atoms with Crippen LogP contribution >= 0.6 is 0 Å². The number of ether oxygens (including phenoxy) is 1. The van der Waals surface area contributed by atoms with E-state index >= 15 is 0 Å². The molecule has 0 unspecified atom stereocenters. The van der Waals surface area contributed by atoms with Crippen molar-refractivity contribution in [2.24, 2.45) is 0 Å². The van der Waals surface area contributed by atoms with E-state index in [9.17, 15) is 0 Å². The minimum Gasteiger partial charge on any atom is -0.481 e. The van der Waals surface area contributed by atoms with Crippen LogP contribution in [-0.4, -0.2) is 28.7 Å². The molecule has 2 rings (SSSR count). The summed E-state index contributed by atoms with van der Waals surface area (Å²) in [7, 11) is 3.54. The number of nitrogens with zero attached hydrogens (tertiary/aromatic N) is 3. The number of nitrogens with one attached hydrogen (secondary N) is 1. The zero-order chi connectivity index (χ0) is 12.1. The molecule has 0 aliphatic heterocycles. The van der Waals surface area contributed by atoms with E-state index in [1.54, 1.807) is 13.3 Å². The predicted molar refractivity (Wildman–Crippen MR) is 64.9 cm³/mol. The largest absolute Gasteiger partial charge is 0.481 e. The van der Waals surface area contributed by atoms with E-state index in [1.165, 1.54) is 0 Å². The maximum Gasteiger partial charge on any atom is 0.213 e. The summed E-state index contributed by atoms with van der Waals surface area (Å²) in [4.78, 5) is 8.24. The first-order valence-corrected chi connectivity index (χ1v) is 5.46. The summed E-state index contributed by atoms with van der Waals surface area (Å²) in [5, 5.41) is 3.12. The lowest BCUT2D eigenvalue weighted by atomic mass is 10.2. The number of aromatic nitrogens is 3. The first-order valence-electron chi connectivity index (χ1n) is 5.46. The molecule has 1 N–H and O–H groups in total. The monoisotopic (exact) mass is 232 g/mol. The molecule has 0 saturated carbocycles. The van der Waals surface area contributed by atoms with Gasteiger partial charge in [0.05, 0.1) is 19.1 Å². The van der Waals surface area contributed by atoms with E-state index in [4.69, 9.17) is 4.74 Å². The Kier molecular flexibility index (Phi) is 3.72. The van der Waals surface area contributed by atoms with Gasteiger partial charge in [-0.15, -0.1) is 0 Å². The zero-order valence-electron chi connectivity index (χ0n) is 10.1. The Hall–Kier alpha value is -1.88. The van der Waals surface area contributed by atoms with Gasteiger partial charge in [-0.3, -0.25) is 0 Å². The standard InChI is InChI=1S/C12H16N4O/c1-13-6-11-7-14-9-16(11)8-10-3-4-15-12(5-10)17-2/h3-5,7,9,13H,6,8H2,1-2H3. The summed E-state index contributed by atoms with van der Waals surface area (Å²) >= 11 is 0. The first-order chi connectivity index (χ1) is 8.33. The SMILES string of the molecule is CNCc1cncn1Cc1ccnc(OC)c1. The van der Waals surface area contributed by atoms with E-state index in [2.05, 4.69) is 19.9 Å². The van der Waals surface area contributed by atoms with Crippen LogP contribution in [0.2, 0.25) is 0 Å². The molecule has 2 heterocycles. The molecule has 0 spiro atoms. The number of hydrogen-bond acceptors (Lipinski definition) is 4. The summed E-state index contributed by atoms with van der Waals surface area (Å²) in [5.41, 5.74) is 2.30. The van der Waals surface area contributed by atoms with E-state index in [-0.39, 0.29) is 0 Å². The highest BCUT2D eigenvalue weighted by molar-refractivity contribution is 5.21. The molecule has 2 aromatic rings. The molecule has 0 fully saturated rings. The van der Waals surface area contributed by atoms with Crippen LogP contribution in [0.1, 0.15) is 11.3 Å². The van der Waals surface area contributed by atoms with E-state index in [1.807, 2.05) is 31.7 Å². The van der Waals surface area contributed by atoms with Gasteiger partial charge in [0.25, 0.3) is 0 Å². The Morgan fingerprint density at radius 3 is 3.12 bits per heavy atom. The van der Waals surface area contributed by atoms with Crippen LogP contribution in [0.4, 0.5) is 0 Å². The Morgan fingerprint density at radius 1 is 1.47 bits per heavy atom. The average Bonchev–Trinajstić information content (AvgIpc) is 2.78. The lowest BCUT2D eigenvalue weighted by Gasteiger charge is -2.08. The number of methoxy groups -OCH3 is 1. The summed E-state index contributed by atoms with van der Waals surface area (Å²) in [6, 6.07) is 3.91. The highest BCUT2D eigenvalue weighted by atomic mass is 16.5. The van der Waals surface area contributed by atoms with Gasteiger partial charge in [-0.2, -0.15) is 0 Å². The molecule has 0 aliphatic carbocycles. The summed E-state index contributed by atoms with van der Waals surface area (Å²) < 4.78 is 7.21. The minimum absolute atomic E-state index is 0.637. The number of imidazole rings is 1. The van der Waals surface area contributed by atoms with Crippen molar-refractivity contribution < 1.29 is 4.74 Å². The molecule has 2 aromatic heterocycles. The minimum atomic E-state index is 0.637. The zero-order valence-corrected chi connectivity index (χ0v) is 10.1. The van der Waals surface area contributed by atoms with Crippen LogP contribution in [0.15, 0.2) is 30.9 Å². The third kappa shape index (κ3) is 2.82. The van der Waals surface area contributed by atoms with Crippen LogP contribution in [0, 0.1) is 0 Å². The maximum atomic E-state index is 5.10. The fourth-order valence-electron chi connectivity index (χ4n) is 1.68. The third-order valence-electron chi connectivity index (χ3n) is 2.52. The Morgan fingerprint density at radius 2 is 2.35 bits per heavy atom. The molecule has 17 heavy (non-hydrogen) atoms. The van der Waals surface area contributed by atoms with Crippen molar-refractivity contribution >= 4 is 0 Å². The number of hydrogen-bond donors (Lipinski definition) is 1. The molecule has 5 nitrogen and oxygen atoms in total. The maximum absolute atomic E-state index is 5.10. The number of rotatable bonds is 5. The van der Waals surface area contributed by atoms with Crippen molar-refractivity contribution in [1.82, 2.24) is 19.9 Å². The van der Waals surface area contributed by atoms with Gasteiger partial charge in [0.15, 0.2) is 0 Å². The topological polar surface area (TPSA) is 52.0 Å². The van der Waals surface area contributed by atoms with E-state index in [0.29, 0.717) is 5.88 Å². The normalized spacial score (nSPS) is 10.5. The van der Waals surface area contributed by atoms with Crippen molar-refractivity contribution in [3.05, 3.63) is 42.1 Å². The molecular weight excluding hydrogens is 216 g/mol. The van der Waals surface area contributed by atoms with Crippen LogP contribution in [0.3, 0.4) is 0 Å². The second kappa shape index (κ2) is 5.45. The van der Waals surface area contributed by atoms with Gasteiger partial charge in [0.1, 0.15) is 0 Å². The highest BCUT2D eigenvalue weighted by Crippen LogP contribution is 2.11. The van der Waals surface area contributed by atoms with Gasteiger partial charge >= 0.3 is 0 Å². The van der Waals surface area contributed by atoms with Gasteiger partial charge < -0.3 is 14.6 Å². The highest BCUT2D eigenvalue weighted by Gasteiger charge is 2.03. The van der Waals surface area contributed by atoms with Crippen LogP contribution < -0.4 is 10.1 Å². The molecule has 0 bridgehead atoms. The van der Waals surface area contributed by atoms with Crippen molar-refractivity contribution in [2.45, 2.75) is 13.1 Å². The second-order valence-corrected chi connectivity index (χ2v) is 3.75. The molecule has 90 valence electrons. The molecule has 0 radical (unpaired) electrons. The van der Waals surface area contributed by atoms with E-state index < -0.39 is 0 Å². The van der Waals surface area contributed by atoms with Crippen LogP contribution in [0.25, 0.3) is 0 Å². The fraction of sp³-hybridized carbons (Fsp3) is 0.333. The summed E-state index contributed by atoms with van der Waals surface area (Å²) in [5.74, 6) is 0.637. The van der Waals surface area contributed by atoms with Gasteiger partial charge in [0.2, 0.25) is 5.88 Å². The van der Waals surface area contributed by atoms with Gasteiger partial charge in [-0.05, 0) is 18.7 Å². The van der Waals surface area contributed by atoms with Gasteiger partial charge in [0, 0.05) is 31.5 Å². The van der Waals surface area contributed by atoms with Crippen molar-refractivity contribution in [2.75, 3.05) is 14.2 Å². The molecule has 0 aliphatic rings. The Bertz CT molecular complexity index is 481. The first kappa shape index (κ1) is 11.6. The Balaban J connectivity index is 2.16. The van der Waals surface area contributed by atoms with Gasteiger partial charge in [-0.25, -0.2) is 9.97 Å². The van der Waals surface area contributed by atoms with Gasteiger partial charge in [-0.1, -0.05) is 0 Å². The fourth-order valence-corrected chi connectivity index (χ4v) is 1.68. The smallest absolute Gasteiger partial charge is 0.213 e. The molecule has 0 aromatic carbocycles. The molecule has 0 amide bonds. The molecule has 0 saturated heterocycles. The predicted octanol–water partition coefficient (Wildman–Crippen LogP) is 1.05. The summed E-state index contributed by atoms with van der Waals surface area (Å²) in [6.45, 7) is 1.58. The van der Waals surface area contributed by atoms with Crippen molar-refractivity contribution in [3.8, 4) is 5.88 Å². The lowest BCUT2D eigenvalue weighted by Crippen LogP contribution is -2.11. The van der Waals surface area contributed by atoms with E-state index in [0.717, 1.165) is 24.3 Å². The molecule has 0 atom stereocenters. The number of pyridine rings is 1. The van der Waals surface area contributed by atoms with Crippen LogP contribution in [-0.2, 0) is 13.1 Å². The Labute approximate surface area is 100 Å².